The third-order valence-corrected chi connectivity index (χ3v) is 4.44. The Morgan fingerprint density at radius 1 is 1.35 bits per heavy atom. The number of nitrogens with two attached hydrogens (primary N) is 1. The van der Waals surface area contributed by atoms with E-state index < -0.39 is 0 Å². The molecule has 5 nitrogen and oxygen atoms in total. The van der Waals surface area contributed by atoms with E-state index in [1.165, 1.54) is 0 Å². The van der Waals surface area contributed by atoms with Crippen LogP contribution < -0.4 is 16.5 Å². The lowest BCUT2D eigenvalue weighted by molar-refractivity contribution is 0.0937. The summed E-state index contributed by atoms with van der Waals surface area (Å²) in [6.07, 6.45) is 5.84. The first-order chi connectivity index (χ1) is 11.1. The summed E-state index contributed by atoms with van der Waals surface area (Å²) in [6, 6.07) is 7.33. The number of allylic oxidation sites excluding steroid dienone is 1. The van der Waals surface area contributed by atoms with Crippen LogP contribution in [-0.4, -0.2) is 16.5 Å². The zero-order chi connectivity index (χ0) is 16.4. The fraction of sp³-hybridized carbons (Fsp3) is 0.333. The summed E-state index contributed by atoms with van der Waals surface area (Å²) in [7, 11) is 0. The van der Waals surface area contributed by atoms with Crippen molar-refractivity contribution in [1.82, 2.24) is 9.88 Å². The molecular weight excluding hydrogens is 290 g/mol. The number of nitrogens with zero attached hydrogens (tertiary/aromatic N) is 1. The van der Waals surface area contributed by atoms with Crippen molar-refractivity contribution in [3.05, 3.63) is 52.7 Å². The second-order valence-corrected chi connectivity index (χ2v) is 5.96. The molecule has 2 aromatic rings. The summed E-state index contributed by atoms with van der Waals surface area (Å²) in [5.41, 5.74) is 6.61. The first-order valence-corrected chi connectivity index (χ1v) is 7.96. The van der Waals surface area contributed by atoms with Crippen LogP contribution in [0.15, 0.2) is 41.7 Å². The van der Waals surface area contributed by atoms with Crippen molar-refractivity contribution in [2.75, 3.05) is 5.73 Å². The molecule has 1 aromatic carbocycles. The Hall–Kier alpha value is -2.56. The molecule has 1 saturated carbocycles. The number of carbonyl (C=O) groups is 1. The summed E-state index contributed by atoms with van der Waals surface area (Å²) in [4.78, 5) is 25.4. The zero-order valence-corrected chi connectivity index (χ0v) is 13.0. The highest BCUT2D eigenvalue weighted by molar-refractivity contribution is 6.02. The predicted molar refractivity (Wildman–Crippen MR) is 92.5 cm³/mol. The number of nitrogen functional groups attached to an aromatic ring is 1. The van der Waals surface area contributed by atoms with E-state index in [9.17, 15) is 9.59 Å². The monoisotopic (exact) mass is 311 g/mol. The maximum absolute atomic E-state index is 12.7. The molecule has 0 saturated heterocycles. The van der Waals surface area contributed by atoms with Crippen molar-refractivity contribution in [1.29, 1.82) is 0 Å². The van der Waals surface area contributed by atoms with Gasteiger partial charge in [0.1, 0.15) is 11.4 Å². The number of aromatic nitrogens is 1. The molecule has 3 N–H and O–H groups in total. The van der Waals surface area contributed by atoms with E-state index in [-0.39, 0.29) is 28.8 Å². The molecule has 1 aromatic heterocycles. The first kappa shape index (κ1) is 15.3. The zero-order valence-electron chi connectivity index (χ0n) is 13.0. The number of benzene rings is 1. The molecule has 1 aliphatic carbocycles. The summed E-state index contributed by atoms with van der Waals surface area (Å²) in [6.45, 7) is 4.17. The van der Waals surface area contributed by atoms with Gasteiger partial charge in [0.2, 0.25) is 5.43 Å². The second-order valence-electron chi connectivity index (χ2n) is 5.96. The van der Waals surface area contributed by atoms with Gasteiger partial charge >= 0.3 is 0 Å². The van der Waals surface area contributed by atoms with Gasteiger partial charge < -0.3 is 15.6 Å². The minimum absolute atomic E-state index is 0.0393. The van der Waals surface area contributed by atoms with Crippen LogP contribution >= 0.6 is 0 Å². The lowest BCUT2D eigenvalue weighted by Gasteiger charge is -2.18. The van der Waals surface area contributed by atoms with Gasteiger partial charge in [0.05, 0.1) is 5.52 Å². The van der Waals surface area contributed by atoms with E-state index in [4.69, 9.17) is 5.73 Å². The molecule has 23 heavy (non-hydrogen) atoms. The Balaban J connectivity index is 2.13. The fourth-order valence-electron chi connectivity index (χ4n) is 3.29. The Labute approximate surface area is 134 Å². The molecule has 1 amide bonds. The maximum atomic E-state index is 12.7. The Bertz CT molecular complexity index is 817. The Morgan fingerprint density at radius 3 is 2.74 bits per heavy atom. The standard InChI is InChI=1S/C18H21N3O2/c1-2-11-21-14-10-6-5-9-13(14)16(22)15(17(21)19)18(23)20-12-7-3-4-8-12/h2,5-6,9-10,12H,1,3-4,7-8,11,19H2,(H,20,23). The number of anilines is 1. The number of para-hydroxylation sites is 1. The van der Waals surface area contributed by atoms with Crippen LogP contribution in [0.1, 0.15) is 36.0 Å². The van der Waals surface area contributed by atoms with Gasteiger partial charge in [-0.2, -0.15) is 0 Å². The van der Waals surface area contributed by atoms with Gasteiger partial charge in [0.25, 0.3) is 5.91 Å². The van der Waals surface area contributed by atoms with Crippen LogP contribution in [0.25, 0.3) is 10.9 Å². The molecule has 120 valence electrons. The van der Waals surface area contributed by atoms with E-state index in [0.717, 1.165) is 25.7 Å². The highest BCUT2D eigenvalue weighted by Crippen LogP contribution is 2.21. The van der Waals surface area contributed by atoms with Crippen molar-refractivity contribution >= 4 is 22.6 Å². The average Bonchev–Trinajstić information content (AvgIpc) is 3.04. The number of hydrogen-bond acceptors (Lipinski definition) is 3. The SMILES string of the molecule is C=CCn1c(N)c(C(=O)NC2CCCC2)c(=O)c2ccccc21. The van der Waals surface area contributed by atoms with Crippen molar-refractivity contribution < 1.29 is 4.79 Å². The van der Waals surface area contributed by atoms with E-state index in [0.29, 0.717) is 17.4 Å². The Kier molecular flexibility index (Phi) is 4.19. The van der Waals surface area contributed by atoms with Gasteiger partial charge in [-0.1, -0.05) is 31.1 Å². The molecular formula is C18H21N3O2. The number of amides is 1. The van der Waals surface area contributed by atoms with Crippen LogP contribution in [0.2, 0.25) is 0 Å². The van der Waals surface area contributed by atoms with Crippen molar-refractivity contribution in [2.45, 2.75) is 38.3 Å². The average molecular weight is 311 g/mol. The summed E-state index contributed by atoms with van der Waals surface area (Å²) in [5.74, 6) is -0.174. The number of pyridine rings is 1. The topological polar surface area (TPSA) is 77.1 Å². The molecule has 0 unspecified atom stereocenters. The van der Waals surface area contributed by atoms with Crippen LogP contribution in [0.4, 0.5) is 5.82 Å². The smallest absolute Gasteiger partial charge is 0.259 e. The summed E-state index contributed by atoms with van der Waals surface area (Å²) >= 11 is 0. The summed E-state index contributed by atoms with van der Waals surface area (Å²) in [5, 5.41) is 3.45. The summed E-state index contributed by atoms with van der Waals surface area (Å²) < 4.78 is 1.76. The molecule has 0 aliphatic heterocycles. The molecule has 0 spiro atoms. The molecule has 3 rings (SSSR count). The predicted octanol–water partition coefficient (Wildman–Crippen LogP) is 2.44. The number of rotatable bonds is 4. The van der Waals surface area contributed by atoms with Crippen LogP contribution in [0, 0.1) is 0 Å². The molecule has 0 atom stereocenters. The number of hydrogen-bond donors (Lipinski definition) is 2. The molecule has 1 aliphatic rings. The van der Waals surface area contributed by atoms with Gasteiger partial charge in [0.15, 0.2) is 0 Å². The molecule has 5 heteroatoms. The van der Waals surface area contributed by atoms with Crippen LogP contribution in [-0.2, 0) is 6.54 Å². The van der Waals surface area contributed by atoms with Crippen LogP contribution in [0.5, 0.6) is 0 Å². The minimum Gasteiger partial charge on any atom is -0.384 e. The molecule has 0 radical (unpaired) electrons. The van der Waals surface area contributed by atoms with E-state index >= 15 is 0 Å². The third kappa shape index (κ3) is 2.74. The molecule has 1 fully saturated rings. The highest BCUT2D eigenvalue weighted by atomic mass is 16.2. The fourth-order valence-corrected chi connectivity index (χ4v) is 3.29. The maximum Gasteiger partial charge on any atom is 0.259 e. The second kappa shape index (κ2) is 6.28. The third-order valence-electron chi connectivity index (χ3n) is 4.44. The van der Waals surface area contributed by atoms with Gasteiger partial charge in [0, 0.05) is 18.0 Å². The van der Waals surface area contributed by atoms with Gasteiger partial charge in [-0.3, -0.25) is 9.59 Å². The number of nitrogens with one attached hydrogen (secondary N) is 1. The molecule has 0 bridgehead atoms. The van der Waals surface area contributed by atoms with Gasteiger partial charge in [-0.15, -0.1) is 6.58 Å². The quantitative estimate of drug-likeness (QED) is 0.851. The van der Waals surface area contributed by atoms with E-state index in [1.807, 2.05) is 12.1 Å². The van der Waals surface area contributed by atoms with Crippen molar-refractivity contribution in [2.24, 2.45) is 0 Å². The molecule has 1 heterocycles. The van der Waals surface area contributed by atoms with Crippen molar-refractivity contribution in [3.8, 4) is 0 Å². The number of fused-ring (bicyclic) bond motifs is 1. The van der Waals surface area contributed by atoms with E-state index in [1.54, 1.807) is 22.8 Å². The van der Waals surface area contributed by atoms with Crippen molar-refractivity contribution in [3.63, 3.8) is 0 Å². The Morgan fingerprint density at radius 2 is 2.04 bits per heavy atom. The highest BCUT2D eigenvalue weighted by Gasteiger charge is 2.24. The largest absolute Gasteiger partial charge is 0.384 e. The van der Waals surface area contributed by atoms with Gasteiger partial charge in [-0.25, -0.2) is 0 Å². The lowest BCUT2D eigenvalue weighted by Crippen LogP contribution is -2.37. The minimum atomic E-state index is -0.372. The van der Waals surface area contributed by atoms with Crippen LogP contribution in [0.3, 0.4) is 0 Å². The number of carbonyl (C=O) groups excluding carboxylic acids is 1. The first-order valence-electron chi connectivity index (χ1n) is 7.96. The van der Waals surface area contributed by atoms with E-state index in [2.05, 4.69) is 11.9 Å². The van der Waals surface area contributed by atoms with Gasteiger partial charge in [-0.05, 0) is 25.0 Å². The lowest BCUT2D eigenvalue weighted by atomic mass is 10.1. The normalized spacial score (nSPS) is 15.0.